The third kappa shape index (κ3) is 3.54. The molecule has 0 saturated heterocycles. The van der Waals surface area contributed by atoms with Crippen molar-refractivity contribution in [3.63, 3.8) is 0 Å². The van der Waals surface area contributed by atoms with Gasteiger partial charge in [-0.1, -0.05) is 12.1 Å². The predicted octanol–water partition coefficient (Wildman–Crippen LogP) is 2.80. The highest BCUT2D eigenvalue weighted by Gasteiger charge is 2.15. The summed E-state index contributed by atoms with van der Waals surface area (Å²) in [6.07, 6.45) is 2.61. The molecule has 1 aromatic heterocycles. The molecule has 114 valence electrons. The van der Waals surface area contributed by atoms with E-state index in [0.717, 1.165) is 11.1 Å². The summed E-state index contributed by atoms with van der Waals surface area (Å²) in [5, 5.41) is 11.4. The van der Waals surface area contributed by atoms with Crippen LogP contribution in [0.15, 0.2) is 49.2 Å². The SMILES string of the molecule is C=CCC(NC(=O)O)c1cc(-c2ccc(N)cc2N)ccn1. The van der Waals surface area contributed by atoms with E-state index in [2.05, 4.69) is 16.9 Å². The normalized spacial score (nSPS) is 11.6. The number of anilines is 2. The molecule has 2 rings (SSSR count). The first kappa shape index (κ1) is 15.4. The van der Waals surface area contributed by atoms with Crippen molar-refractivity contribution in [1.82, 2.24) is 10.3 Å². The van der Waals surface area contributed by atoms with Crippen LogP contribution in [0.25, 0.3) is 11.1 Å². The van der Waals surface area contributed by atoms with E-state index in [0.29, 0.717) is 23.5 Å². The average molecular weight is 298 g/mol. The van der Waals surface area contributed by atoms with Crippen LogP contribution in [-0.4, -0.2) is 16.2 Å². The topological polar surface area (TPSA) is 114 Å². The molecule has 22 heavy (non-hydrogen) atoms. The van der Waals surface area contributed by atoms with Crippen molar-refractivity contribution in [3.05, 3.63) is 54.9 Å². The van der Waals surface area contributed by atoms with Crippen molar-refractivity contribution in [2.24, 2.45) is 0 Å². The number of benzene rings is 1. The molecule has 0 radical (unpaired) electrons. The molecule has 0 bridgehead atoms. The first-order chi connectivity index (χ1) is 10.5. The summed E-state index contributed by atoms with van der Waals surface area (Å²) in [6.45, 7) is 3.64. The van der Waals surface area contributed by atoms with Crippen LogP contribution >= 0.6 is 0 Å². The molecule has 6 N–H and O–H groups in total. The summed E-state index contributed by atoms with van der Waals surface area (Å²) >= 11 is 0. The van der Waals surface area contributed by atoms with Gasteiger partial charge in [-0.3, -0.25) is 4.98 Å². The number of nitrogen functional groups attached to an aromatic ring is 2. The number of nitrogens with one attached hydrogen (secondary N) is 1. The fourth-order valence-corrected chi connectivity index (χ4v) is 2.22. The van der Waals surface area contributed by atoms with Gasteiger partial charge in [0.25, 0.3) is 0 Å². The Morgan fingerprint density at radius 1 is 1.36 bits per heavy atom. The Bertz CT molecular complexity index is 700. The molecule has 6 heteroatoms. The lowest BCUT2D eigenvalue weighted by Gasteiger charge is -2.16. The summed E-state index contributed by atoms with van der Waals surface area (Å²) < 4.78 is 0. The monoisotopic (exact) mass is 298 g/mol. The van der Waals surface area contributed by atoms with Gasteiger partial charge in [0.15, 0.2) is 0 Å². The molecule has 0 fully saturated rings. The number of hydrogen-bond donors (Lipinski definition) is 4. The van der Waals surface area contributed by atoms with Gasteiger partial charge in [0.2, 0.25) is 0 Å². The molecule has 0 aliphatic heterocycles. The molecule has 6 nitrogen and oxygen atoms in total. The van der Waals surface area contributed by atoms with Crippen LogP contribution in [0.2, 0.25) is 0 Å². The Kier molecular flexibility index (Phi) is 4.63. The Hall–Kier alpha value is -3.02. The summed E-state index contributed by atoms with van der Waals surface area (Å²) in [6, 6.07) is 8.46. The molecular weight excluding hydrogens is 280 g/mol. The fourth-order valence-electron chi connectivity index (χ4n) is 2.22. The van der Waals surface area contributed by atoms with E-state index in [1.165, 1.54) is 0 Å². The van der Waals surface area contributed by atoms with Gasteiger partial charge >= 0.3 is 6.09 Å². The maximum atomic E-state index is 10.9. The second kappa shape index (κ2) is 6.62. The Morgan fingerprint density at radius 2 is 2.14 bits per heavy atom. The number of rotatable bonds is 5. The highest BCUT2D eigenvalue weighted by molar-refractivity contribution is 5.78. The van der Waals surface area contributed by atoms with Gasteiger partial charge in [-0.05, 0) is 36.2 Å². The molecule has 1 aromatic carbocycles. The molecule has 0 aliphatic rings. The maximum Gasteiger partial charge on any atom is 0.405 e. The zero-order chi connectivity index (χ0) is 16.1. The number of nitrogens with zero attached hydrogens (tertiary/aromatic N) is 1. The third-order valence-electron chi connectivity index (χ3n) is 3.22. The van der Waals surface area contributed by atoms with Crippen molar-refractivity contribution in [1.29, 1.82) is 0 Å². The lowest BCUT2D eigenvalue weighted by molar-refractivity contribution is 0.189. The second-order valence-corrected chi connectivity index (χ2v) is 4.84. The molecule has 0 spiro atoms. The van der Waals surface area contributed by atoms with Crippen LogP contribution in [0.4, 0.5) is 16.2 Å². The van der Waals surface area contributed by atoms with E-state index in [9.17, 15) is 4.79 Å². The minimum absolute atomic E-state index is 0.444. The Balaban J connectivity index is 2.39. The smallest absolute Gasteiger partial charge is 0.405 e. The summed E-state index contributed by atoms with van der Waals surface area (Å²) in [7, 11) is 0. The maximum absolute atomic E-state index is 10.9. The van der Waals surface area contributed by atoms with E-state index in [4.69, 9.17) is 16.6 Å². The van der Waals surface area contributed by atoms with Crippen molar-refractivity contribution in [2.45, 2.75) is 12.5 Å². The van der Waals surface area contributed by atoms with Gasteiger partial charge in [-0.15, -0.1) is 6.58 Å². The van der Waals surface area contributed by atoms with E-state index < -0.39 is 12.1 Å². The van der Waals surface area contributed by atoms with Gasteiger partial charge in [-0.2, -0.15) is 0 Å². The number of nitrogens with two attached hydrogens (primary N) is 2. The highest BCUT2D eigenvalue weighted by Crippen LogP contribution is 2.29. The minimum Gasteiger partial charge on any atom is -0.465 e. The first-order valence-corrected chi connectivity index (χ1v) is 6.73. The first-order valence-electron chi connectivity index (χ1n) is 6.73. The van der Waals surface area contributed by atoms with Gasteiger partial charge in [0.1, 0.15) is 0 Å². The summed E-state index contributed by atoms with van der Waals surface area (Å²) in [5.41, 5.74) is 15.1. The van der Waals surface area contributed by atoms with E-state index >= 15 is 0 Å². The van der Waals surface area contributed by atoms with Crippen LogP contribution in [-0.2, 0) is 0 Å². The Morgan fingerprint density at radius 3 is 2.77 bits per heavy atom. The third-order valence-corrected chi connectivity index (χ3v) is 3.22. The highest BCUT2D eigenvalue weighted by atomic mass is 16.4. The van der Waals surface area contributed by atoms with E-state index in [1.54, 1.807) is 24.4 Å². The number of pyridine rings is 1. The largest absolute Gasteiger partial charge is 0.465 e. The molecule has 1 atom stereocenters. The fraction of sp³-hybridized carbons (Fsp3) is 0.125. The molecule has 1 unspecified atom stereocenters. The molecule has 1 heterocycles. The van der Waals surface area contributed by atoms with Crippen molar-refractivity contribution >= 4 is 17.5 Å². The number of hydrogen-bond acceptors (Lipinski definition) is 4. The van der Waals surface area contributed by atoms with Gasteiger partial charge < -0.3 is 21.9 Å². The zero-order valence-corrected chi connectivity index (χ0v) is 12.0. The lowest BCUT2D eigenvalue weighted by Crippen LogP contribution is -2.27. The summed E-state index contributed by atoms with van der Waals surface area (Å²) in [5.74, 6) is 0. The van der Waals surface area contributed by atoms with Crippen LogP contribution in [0.3, 0.4) is 0 Å². The minimum atomic E-state index is -1.11. The second-order valence-electron chi connectivity index (χ2n) is 4.84. The van der Waals surface area contributed by atoms with Crippen molar-refractivity contribution in [3.8, 4) is 11.1 Å². The molecule has 2 aromatic rings. The van der Waals surface area contributed by atoms with Crippen LogP contribution in [0.5, 0.6) is 0 Å². The van der Waals surface area contributed by atoms with Gasteiger partial charge in [-0.25, -0.2) is 4.79 Å². The van der Waals surface area contributed by atoms with E-state index in [1.807, 2.05) is 18.2 Å². The molecule has 0 aliphatic carbocycles. The number of carbonyl (C=O) groups is 1. The van der Waals surface area contributed by atoms with Crippen molar-refractivity contribution < 1.29 is 9.90 Å². The molecule has 0 saturated carbocycles. The summed E-state index contributed by atoms with van der Waals surface area (Å²) in [4.78, 5) is 15.1. The predicted molar refractivity (Wildman–Crippen MR) is 87.2 cm³/mol. The molecule has 1 amide bonds. The lowest BCUT2D eigenvalue weighted by atomic mass is 10.0. The van der Waals surface area contributed by atoms with E-state index in [-0.39, 0.29) is 0 Å². The number of aromatic nitrogens is 1. The number of carboxylic acid groups (broad SMARTS) is 1. The van der Waals surface area contributed by atoms with Crippen molar-refractivity contribution in [2.75, 3.05) is 11.5 Å². The quantitative estimate of drug-likeness (QED) is 0.500. The zero-order valence-electron chi connectivity index (χ0n) is 12.0. The van der Waals surface area contributed by atoms with Gasteiger partial charge in [0, 0.05) is 23.1 Å². The standard InChI is InChI=1S/C16H18N4O2/c1-2-3-14(20-16(21)22)15-8-10(6-7-19-15)12-5-4-11(17)9-13(12)18/h2,4-9,14,20H,1,3,17-18H2,(H,21,22). The average Bonchev–Trinajstić information content (AvgIpc) is 2.46. The van der Waals surface area contributed by atoms with Crippen LogP contribution in [0, 0.1) is 0 Å². The Labute approximate surface area is 128 Å². The van der Waals surface area contributed by atoms with Gasteiger partial charge in [0.05, 0.1) is 11.7 Å². The van der Waals surface area contributed by atoms with Crippen LogP contribution in [0.1, 0.15) is 18.2 Å². The number of amides is 1. The van der Waals surface area contributed by atoms with Crippen LogP contribution < -0.4 is 16.8 Å². The molecular formula is C16H18N4O2.